The predicted molar refractivity (Wildman–Crippen MR) is 71.0 cm³/mol. The summed E-state index contributed by atoms with van der Waals surface area (Å²) in [6.45, 7) is 0. The van der Waals surface area contributed by atoms with E-state index in [0.29, 0.717) is 0 Å². The quantitative estimate of drug-likeness (QED) is 0.719. The van der Waals surface area contributed by atoms with Crippen LogP contribution in [-0.4, -0.2) is 33.4 Å². The molecule has 1 fully saturated rings. The minimum absolute atomic E-state index is 0.129. The number of benzene rings is 1. The average molecular weight is 309 g/mol. The molecule has 8 nitrogen and oxygen atoms in total. The average Bonchev–Trinajstić information content (AvgIpc) is 2.67. The normalized spacial score (nSPS) is 17.4. The fourth-order valence-electron chi connectivity index (χ4n) is 1.68. The third kappa shape index (κ3) is 3.51. The number of nitrogens with one attached hydrogen (secondary N) is 2. The van der Waals surface area contributed by atoms with Gasteiger partial charge < -0.3 is 15.5 Å². The molecular formula is C12H9N2O6S-. The Morgan fingerprint density at radius 3 is 2.62 bits per heavy atom. The Hall–Kier alpha value is -2.55. The molecule has 21 heavy (non-hydrogen) atoms. The van der Waals surface area contributed by atoms with E-state index in [4.69, 9.17) is 5.11 Å². The smallest absolute Gasteiger partial charge is 0.335 e. The number of hydrogen-bond acceptors (Lipinski definition) is 6. The monoisotopic (exact) mass is 309 g/mol. The van der Waals surface area contributed by atoms with Crippen LogP contribution in [0.25, 0.3) is 0 Å². The molecule has 0 saturated carbocycles. The predicted octanol–water partition coefficient (Wildman–Crippen LogP) is 0.139. The first-order valence-corrected chi connectivity index (χ1v) is 6.60. The van der Waals surface area contributed by atoms with Crippen molar-refractivity contribution < 1.29 is 29.4 Å². The summed E-state index contributed by atoms with van der Waals surface area (Å²) in [6.07, 6.45) is -0.225. The van der Waals surface area contributed by atoms with E-state index in [1.54, 1.807) is 0 Å². The van der Waals surface area contributed by atoms with Crippen molar-refractivity contribution in [3.8, 4) is 5.75 Å². The van der Waals surface area contributed by atoms with Gasteiger partial charge >= 0.3 is 5.97 Å². The van der Waals surface area contributed by atoms with Gasteiger partial charge in [0, 0.05) is 12.1 Å². The number of hydrogen-bond donors (Lipinski definition) is 3. The fourth-order valence-corrected chi connectivity index (χ4v) is 2.50. The Balaban J connectivity index is 2.00. The van der Waals surface area contributed by atoms with E-state index in [-0.39, 0.29) is 12.1 Å². The lowest BCUT2D eigenvalue weighted by Crippen LogP contribution is -2.27. The minimum Gasteiger partial charge on any atom is -0.872 e. The maximum atomic E-state index is 11.7. The van der Waals surface area contributed by atoms with Crippen molar-refractivity contribution in [2.75, 3.05) is 5.32 Å². The van der Waals surface area contributed by atoms with Crippen LogP contribution in [0.2, 0.25) is 0 Å². The summed E-state index contributed by atoms with van der Waals surface area (Å²) in [5.74, 6) is -3.18. The summed E-state index contributed by atoms with van der Waals surface area (Å²) in [4.78, 5) is 44.7. The van der Waals surface area contributed by atoms with Crippen LogP contribution >= 0.6 is 11.8 Å². The molecule has 1 atom stereocenters. The largest absolute Gasteiger partial charge is 0.872 e. The van der Waals surface area contributed by atoms with Gasteiger partial charge in [0.1, 0.15) is 5.25 Å². The first-order chi connectivity index (χ1) is 9.86. The molecule has 0 unspecified atom stereocenters. The second kappa shape index (κ2) is 5.83. The SMILES string of the molecule is O=C(C[C@H]1SC(=O)NC1=O)Nc1ccc(C(=O)O)c([O-])c1. The van der Waals surface area contributed by atoms with Crippen molar-refractivity contribution in [2.45, 2.75) is 11.7 Å². The van der Waals surface area contributed by atoms with E-state index < -0.39 is 39.6 Å². The highest BCUT2D eigenvalue weighted by Crippen LogP contribution is 2.23. The summed E-state index contributed by atoms with van der Waals surface area (Å²) < 4.78 is 0. The molecule has 0 radical (unpaired) electrons. The van der Waals surface area contributed by atoms with Gasteiger partial charge in [0.05, 0.1) is 5.56 Å². The van der Waals surface area contributed by atoms with Gasteiger partial charge in [0.2, 0.25) is 11.8 Å². The Morgan fingerprint density at radius 2 is 2.10 bits per heavy atom. The number of aromatic carboxylic acids is 1. The Morgan fingerprint density at radius 1 is 1.38 bits per heavy atom. The van der Waals surface area contributed by atoms with Crippen LogP contribution in [0.3, 0.4) is 0 Å². The first kappa shape index (κ1) is 14.9. The van der Waals surface area contributed by atoms with Crippen molar-refractivity contribution in [1.29, 1.82) is 0 Å². The third-order valence-corrected chi connectivity index (χ3v) is 3.61. The van der Waals surface area contributed by atoms with Crippen molar-refractivity contribution in [2.24, 2.45) is 0 Å². The second-order valence-corrected chi connectivity index (χ2v) is 5.33. The molecule has 1 aromatic rings. The van der Waals surface area contributed by atoms with E-state index in [1.807, 2.05) is 0 Å². The Kier molecular flexibility index (Phi) is 4.13. The molecule has 1 aromatic carbocycles. The van der Waals surface area contributed by atoms with Crippen LogP contribution in [0.5, 0.6) is 5.75 Å². The Bertz CT molecular complexity index is 645. The zero-order chi connectivity index (χ0) is 15.6. The number of amides is 3. The maximum Gasteiger partial charge on any atom is 0.335 e. The summed E-state index contributed by atoms with van der Waals surface area (Å²) >= 11 is 0.722. The lowest BCUT2D eigenvalue weighted by molar-refractivity contribution is -0.268. The maximum absolute atomic E-state index is 11.7. The topological polar surface area (TPSA) is 136 Å². The van der Waals surface area contributed by atoms with Gasteiger partial charge in [-0.25, -0.2) is 4.79 Å². The number of thioether (sulfide) groups is 1. The van der Waals surface area contributed by atoms with Gasteiger partial charge in [0.15, 0.2) is 0 Å². The summed E-state index contributed by atoms with van der Waals surface area (Å²) in [5, 5.41) is 23.3. The molecule has 3 amide bonds. The van der Waals surface area contributed by atoms with Crippen molar-refractivity contribution in [3.63, 3.8) is 0 Å². The van der Waals surface area contributed by atoms with Gasteiger partial charge in [-0.3, -0.25) is 19.7 Å². The minimum atomic E-state index is -1.35. The number of carbonyl (C=O) groups excluding carboxylic acids is 3. The molecule has 0 aliphatic carbocycles. The third-order valence-electron chi connectivity index (χ3n) is 2.63. The van der Waals surface area contributed by atoms with E-state index in [1.165, 1.54) is 6.07 Å². The molecule has 0 spiro atoms. The van der Waals surface area contributed by atoms with Crippen LogP contribution in [0.15, 0.2) is 18.2 Å². The van der Waals surface area contributed by atoms with Crippen LogP contribution < -0.4 is 15.7 Å². The number of anilines is 1. The standard InChI is InChI=1S/C12H10N2O6S/c15-7-3-5(1-2-6(7)11(18)19)13-9(16)4-8-10(17)14-12(20)21-8/h1-3,8,15H,4H2,(H,13,16)(H,18,19)(H,14,17,20)/p-1/t8-/m1/s1. The molecule has 1 heterocycles. The van der Waals surface area contributed by atoms with Crippen LogP contribution in [0.4, 0.5) is 10.5 Å². The number of carboxylic acids is 1. The van der Waals surface area contributed by atoms with E-state index in [2.05, 4.69) is 10.6 Å². The number of rotatable bonds is 4. The van der Waals surface area contributed by atoms with Gasteiger partial charge in [-0.1, -0.05) is 17.5 Å². The number of imide groups is 1. The summed E-state index contributed by atoms with van der Waals surface area (Å²) in [5.41, 5.74) is -0.269. The molecule has 1 saturated heterocycles. The fraction of sp³-hybridized carbons (Fsp3) is 0.167. The number of carbonyl (C=O) groups is 4. The van der Waals surface area contributed by atoms with Gasteiger partial charge in [-0.2, -0.15) is 0 Å². The summed E-state index contributed by atoms with van der Waals surface area (Å²) in [6, 6.07) is 3.34. The van der Waals surface area contributed by atoms with Gasteiger partial charge in [-0.05, 0) is 18.2 Å². The van der Waals surface area contributed by atoms with E-state index >= 15 is 0 Å². The first-order valence-electron chi connectivity index (χ1n) is 5.72. The van der Waals surface area contributed by atoms with E-state index in [0.717, 1.165) is 23.9 Å². The molecule has 3 N–H and O–H groups in total. The second-order valence-electron chi connectivity index (χ2n) is 4.15. The molecule has 1 aliphatic heterocycles. The van der Waals surface area contributed by atoms with Crippen LogP contribution in [0, 0.1) is 0 Å². The van der Waals surface area contributed by atoms with E-state index in [9.17, 15) is 24.3 Å². The molecule has 1 aliphatic rings. The molecule has 0 aromatic heterocycles. The van der Waals surface area contributed by atoms with Crippen molar-refractivity contribution in [1.82, 2.24) is 5.32 Å². The number of carboxylic acid groups (broad SMARTS) is 1. The lowest BCUT2D eigenvalue weighted by Gasteiger charge is -2.13. The highest BCUT2D eigenvalue weighted by molar-refractivity contribution is 8.15. The molecular weight excluding hydrogens is 300 g/mol. The van der Waals surface area contributed by atoms with Gasteiger partial charge in [0.25, 0.3) is 5.24 Å². The highest BCUT2D eigenvalue weighted by Gasteiger charge is 2.33. The summed E-state index contributed by atoms with van der Waals surface area (Å²) in [7, 11) is 0. The Labute approximate surface area is 122 Å². The molecule has 0 bridgehead atoms. The van der Waals surface area contributed by atoms with Crippen molar-refractivity contribution in [3.05, 3.63) is 23.8 Å². The van der Waals surface area contributed by atoms with Crippen molar-refractivity contribution >= 4 is 40.5 Å². The zero-order valence-corrected chi connectivity index (χ0v) is 11.2. The molecule has 110 valence electrons. The molecule has 2 rings (SSSR count). The zero-order valence-electron chi connectivity index (χ0n) is 10.4. The van der Waals surface area contributed by atoms with Gasteiger partial charge in [-0.15, -0.1) is 0 Å². The van der Waals surface area contributed by atoms with Crippen LogP contribution in [0.1, 0.15) is 16.8 Å². The highest BCUT2D eigenvalue weighted by atomic mass is 32.2. The molecule has 9 heteroatoms. The lowest BCUT2D eigenvalue weighted by atomic mass is 10.1. The van der Waals surface area contributed by atoms with Crippen LogP contribution in [-0.2, 0) is 9.59 Å².